The highest BCUT2D eigenvalue weighted by molar-refractivity contribution is 5.89. The Kier molecular flexibility index (Phi) is 4.18. The van der Waals surface area contributed by atoms with Crippen LogP contribution >= 0.6 is 0 Å². The number of aryl methyl sites for hydroxylation is 1. The van der Waals surface area contributed by atoms with Crippen LogP contribution in [0, 0.1) is 12.8 Å². The SMILES string of the molecule is Cc1cn2cc(NC(=O)NC3CCC(C(=O)O)CC3)ccc2n1. The highest BCUT2D eigenvalue weighted by Crippen LogP contribution is 2.24. The zero-order valence-corrected chi connectivity index (χ0v) is 13.0. The lowest BCUT2D eigenvalue weighted by Gasteiger charge is -2.26. The number of fused-ring (bicyclic) bond motifs is 1. The third kappa shape index (κ3) is 3.61. The Morgan fingerprint density at radius 1 is 1.22 bits per heavy atom. The number of hydrogen-bond donors (Lipinski definition) is 3. The second-order valence-electron chi connectivity index (χ2n) is 6.05. The summed E-state index contributed by atoms with van der Waals surface area (Å²) in [6, 6.07) is 3.42. The summed E-state index contributed by atoms with van der Waals surface area (Å²) < 4.78 is 1.86. The molecule has 3 rings (SSSR count). The van der Waals surface area contributed by atoms with Gasteiger partial charge in [-0.1, -0.05) is 0 Å². The van der Waals surface area contributed by atoms with Crippen LogP contribution < -0.4 is 10.6 Å². The number of anilines is 1. The summed E-state index contributed by atoms with van der Waals surface area (Å²) in [5, 5.41) is 14.7. The second kappa shape index (κ2) is 6.28. The first-order valence-corrected chi connectivity index (χ1v) is 7.77. The number of carboxylic acid groups (broad SMARTS) is 1. The van der Waals surface area contributed by atoms with Crippen molar-refractivity contribution in [3.8, 4) is 0 Å². The molecule has 0 spiro atoms. The third-order valence-corrected chi connectivity index (χ3v) is 4.24. The lowest BCUT2D eigenvalue weighted by molar-refractivity contribution is -0.142. The van der Waals surface area contributed by atoms with Gasteiger partial charge in [0.1, 0.15) is 5.65 Å². The average molecular weight is 316 g/mol. The fourth-order valence-electron chi connectivity index (χ4n) is 3.03. The number of amides is 2. The van der Waals surface area contributed by atoms with Gasteiger partial charge in [-0.05, 0) is 44.7 Å². The van der Waals surface area contributed by atoms with E-state index in [9.17, 15) is 9.59 Å². The van der Waals surface area contributed by atoms with Gasteiger partial charge in [0.05, 0.1) is 17.3 Å². The zero-order valence-electron chi connectivity index (χ0n) is 13.0. The van der Waals surface area contributed by atoms with Crippen molar-refractivity contribution in [1.82, 2.24) is 14.7 Å². The number of imidazole rings is 1. The van der Waals surface area contributed by atoms with Gasteiger partial charge in [-0.3, -0.25) is 4.79 Å². The molecule has 7 heteroatoms. The number of carbonyl (C=O) groups excluding carboxylic acids is 1. The number of aromatic nitrogens is 2. The van der Waals surface area contributed by atoms with E-state index in [1.807, 2.05) is 35.9 Å². The molecule has 1 aliphatic carbocycles. The number of carboxylic acids is 1. The topological polar surface area (TPSA) is 95.7 Å². The van der Waals surface area contributed by atoms with Crippen LogP contribution in [0.5, 0.6) is 0 Å². The summed E-state index contributed by atoms with van der Waals surface area (Å²) in [5.41, 5.74) is 2.44. The van der Waals surface area contributed by atoms with E-state index in [0.29, 0.717) is 31.4 Å². The van der Waals surface area contributed by atoms with Crippen molar-refractivity contribution in [2.24, 2.45) is 5.92 Å². The predicted octanol–water partition coefficient (Wildman–Crippen LogP) is 2.41. The Labute approximate surface area is 133 Å². The summed E-state index contributed by atoms with van der Waals surface area (Å²) in [6.45, 7) is 1.92. The molecule has 0 radical (unpaired) electrons. The first-order chi connectivity index (χ1) is 11.0. The van der Waals surface area contributed by atoms with E-state index in [1.165, 1.54) is 0 Å². The Morgan fingerprint density at radius 2 is 1.96 bits per heavy atom. The molecular weight excluding hydrogens is 296 g/mol. The van der Waals surface area contributed by atoms with Crippen molar-refractivity contribution in [2.75, 3.05) is 5.32 Å². The van der Waals surface area contributed by atoms with Gasteiger partial charge in [-0.25, -0.2) is 9.78 Å². The molecule has 122 valence electrons. The van der Waals surface area contributed by atoms with Gasteiger partial charge in [0.2, 0.25) is 0 Å². The summed E-state index contributed by atoms with van der Waals surface area (Å²) in [5.74, 6) is -1.01. The quantitative estimate of drug-likeness (QED) is 0.810. The van der Waals surface area contributed by atoms with Crippen molar-refractivity contribution >= 4 is 23.3 Å². The fourth-order valence-corrected chi connectivity index (χ4v) is 3.03. The molecule has 0 unspecified atom stereocenters. The molecule has 2 aromatic rings. The highest BCUT2D eigenvalue weighted by atomic mass is 16.4. The number of nitrogens with zero attached hydrogens (tertiary/aromatic N) is 2. The van der Waals surface area contributed by atoms with E-state index in [0.717, 1.165) is 11.3 Å². The largest absolute Gasteiger partial charge is 0.481 e. The Hall–Kier alpha value is -2.57. The average Bonchev–Trinajstić information content (AvgIpc) is 2.87. The lowest BCUT2D eigenvalue weighted by atomic mass is 9.86. The minimum Gasteiger partial charge on any atom is -0.481 e. The Morgan fingerprint density at radius 3 is 2.65 bits per heavy atom. The van der Waals surface area contributed by atoms with Crippen LogP contribution in [0.2, 0.25) is 0 Å². The number of hydrogen-bond acceptors (Lipinski definition) is 3. The van der Waals surface area contributed by atoms with E-state index in [4.69, 9.17) is 5.11 Å². The molecule has 0 bridgehead atoms. The number of urea groups is 1. The summed E-state index contributed by atoms with van der Waals surface area (Å²) in [4.78, 5) is 27.3. The van der Waals surface area contributed by atoms with Crippen LogP contribution in [0.1, 0.15) is 31.4 Å². The summed E-state index contributed by atoms with van der Waals surface area (Å²) in [7, 11) is 0. The molecule has 3 N–H and O–H groups in total. The number of carbonyl (C=O) groups is 2. The molecule has 1 aliphatic rings. The molecule has 1 fully saturated rings. The highest BCUT2D eigenvalue weighted by Gasteiger charge is 2.26. The molecule has 2 aromatic heterocycles. The van der Waals surface area contributed by atoms with Crippen LogP contribution in [0.4, 0.5) is 10.5 Å². The van der Waals surface area contributed by atoms with Crippen molar-refractivity contribution in [2.45, 2.75) is 38.6 Å². The van der Waals surface area contributed by atoms with Gasteiger partial charge in [0.15, 0.2) is 0 Å². The van der Waals surface area contributed by atoms with Crippen LogP contribution in [0.15, 0.2) is 24.5 Å². The molecule has 2 amide bonds. The van der Waals surface area contributed by atoms with Crippen molar-refractivity contribution < 1.29 is 14.7 Å². The van der Waals surface area contributed by atoms with E-state index in [2.05, 4.69) is 15.6 Å². The Bertz CT molecular complexity index is 732. The molecule has 2 heterocycles. The molecule has 1 saturated carbocycles. The van der Waals surface area contributed by atoms with E-state index < -0.39 is 5.97 Å². The van der Waals surface area contributed by atoms with Crippen LogP contribution in [-0.4, -0.2) is 32.5 Å². The number of nitrogens with one attached hydrogen (secondary N) is 2. The van der Waals surface area contributed by atoms with Gasteiger partial charge in [0.25, 0.3) is 0 Å². The van der Waals surface area contributed by atoms with Crippen molar-refractivity contribution in [1.29, 1.82) is 0 Å². The maximum atomic E-state index is 12.1. The number of aliphatic carboxylic acids is 1. The molecule has 0 aliphatic heterocycles. The van der Waals surface area contributed by atoms with Crippen LogP contribution in [0.3, 0.4) is 0 Å². The lowest BCUT2D eigenvalue weighted by Crippen LogP contribution is -2.41. The van der Waals surface area contributed by atoms with Crippen molar-refractivity contribution in [3.63, 3.8) is 0 Å². The summed E-state index contributed by atoms with van der Waals surface area (Å²) >= 11 is 0. The van der Waals surface area contributed by atoms with E-state index in [1.54, 1.807) is 0 Å². The van der Waals surface area contributed by atoms with E-state index >= 15 is 0 Å². The van der Waals surface area contributed by atoms with Gasteiger partial charge in [-0.2, -0.15) is 0 Å². The minimum absolute atomic E-state index is 0.0322. The summed E-state index contributed by atoms with van der Waals surface area (Å²) in [6.07, 6.45) is 6.33. The van der Waals surface area contributed by atoms with Gasteiger partial charge < -0.3 is 20.1 Å². The molecular formula is C16H20N4O3. The first-order valence-electron chi connectivity index (χ1n) is 7.77. The third-order valence-electron chi connectivity index (χ3n) is 4.24. The number of pyridine rings is 1. The molecule has 23 heavy (non-hydrogen) atoms. The molecule has 0 aromatic carbocycles. The predicted molar refractivity (Wildman–Crippen MR) is 85.5 cm³/mol. The van der Waals surface area contributed by atoms with Gasteiger partial charge in [0, 0.05) is 18.4 Å². The van der Waals surface area contributed by atoms with E-state index in [-0.39, 0.29) is 18.0 Å². The first kappa shape index (κ1) is 15.3. The monoisotopic (exact) mass is 316 g/mol. The molecule has 0 atom stereocenters. The maximum Gasteiger partial charge on any atom is 0.319 e. The van der Waals surface area contributed by atoms with Crippen LogP contribution in [-0.2, 0) is 4.79 Å². The van der Waals surface area contributed by atoms with Gasteiger partial charge >= 0.3 is 12.0 Å². The molecule has 7 nitrogen and oxygen atoms in total. The fraction of sp³-hybridized carbons (Fsp3) is 0.438. The zero-order chi connectivity index (χ0) is 16.4. The Balaban J connectivity index is 1.55. The minimum atomic E-state index is -0.739. The smallest absolute Gasteiger partial charge is 0.319 e. The van der Waals surface area contributed by atoms with Crippen molar-refractivity contribution in [3.05, 3.63) is 30.2 Å². The maximum absolute atomic E-state index is 12.1. The molecule has 0 saturated heterocycles. The van der Waals surface area contributed by atoms with Gasteiger partial charge in [-0.15, -0.1) is 0 Å². The second-order valence-corrected chi connectivity index (χ2v) is 6.05. The number of rotatable bonds is 3. The standard InChI is InChI=1S/C16H20N4O3/c1-10-8-20-9-13(6-7-14(20)17-10)19-16(23)18-12-4-2-11(3-5-12)15(21)22/h6-9,11-12H,2-5H2,1H3,(H,21,22)(H2,18,19,23). The van der Waals surface area contributed by atoms with Crippen LogP contribution in [0.25, 0.3) is 5.65 Å². The normalized spacial score (nSPS) is 21.1.